The van der Waals surface area contributed by atoms with Crippen molar-refractivity contribution in [1.29, 1.82) is 0 Å². The number of aliphatic carboxylic acids is 1. The molecule has 1 unspecified atom stereocenters. The number of carboxylic acid groups (broad SMARTS) is 1. The number of carbonyl (C=O) groups is 2. The van der Waals surface area contributed by atoms with Crippen molar-refractivity contribution < 1.29 is 19.1 Å². The van der Waals surface area contributed by atoms with E-state index in [1.54, 1.807) is 19.1 Å². The lowest BCUT2D eigenvalue weighted by Gasteiger charge is -2.15. The number of amides is 2. The third kappa shape index (κ3) is 7.29. The Kier molecular flexibility index (Phi) is 7.21. The highest BCUT2D eigenvalue weighted by atomic mass is 19.1. The van der Waals surface area contributed by atoms with Gasteiger partial charge in [-0.3, -0.25) is 4.79 Å². The molecule has 0 fully saturated rings. The molecule has 0 aliphatic rings. The second-order valence-electron chi connectivity index (χ2n) is 4.88. The molecule has 5 nitrogen and oxygen atoms in total. The summed E-state index contributed by atoms with van der Waals surface area (Å²) < 4.78 is 13.1. The number of halogens is 1. The van der Waals surface area contributed by atoms with E-state index < -0.39 is 5.97 Å². The Morgan fingerprint density at radius 2 is 2.05 bits per heavy atom. The van der Waals surface area contributed by atoms with E-state index in [-0.39, 0.29) is 24.3 Å². The van der Waals surface area contributed by atoms with Crippen molar-refractivity contribution in [3.63, 3.8) is 0 Å². The summed E-state index contributed by atoms with van der Waals surface area (Å²) in [6.07, 6.45) is 2.25. The van der Waals surface area contributed by atoms with Crippen molar-refractivity contribution in [1.82, 2.24) is 10.6 Å². The summed E-state index contributed by atoms with van der Waals surface area (Å²) in [5, 5.41) is 13.9. The first-order chi connectivity index (χ1) is 9.99. The molecule has 0 aliphatic carbocycles. The van der Waals surface area contributed by atoms with Gasteiger partial charge in [-0.25, -0.2) is 9.18 Å². The van der Waals surface area contributed by atoms with Crippen LogP contribution >= 0.6 is 0 Å². The van der Waals surface area contributed by atoms with Gasteiger partial charge in [0.1, 0.15) is 5.82 Å². The fourth-order valence-electron chi connectivity index (χ4n) is 1.89. The van der Waals surface area contributed by atoms with E-state index in [9.17, 15) is 14.0 Å². The lowest BCUT2D eigenvalue weighted by molar-refractivity contribution is -0.137. The van der Waals surface area contributed by atoms with Gasteiger partial charge in [-0.15, -0.1) is 0 Å². The van der Waals surface area contributed by atoms with Crippen LogP contribution in [0.1, 0.15) is 44.2 Å². The minimum Gasteiger partial charge on any atom is -0.481 e. The van der Waals surface area contributed by atoms with Gasteiger partial charge >= 0.3 is 12.0 Å². The predicted octanol–water partition coefficient (Wildman–Crippen LogP) is 2.83. The first-order valence-electron chi connectivity index (χ1n) is 7.00. The van der Waals surface area contributed by atoms with Gasteiger partial charge in [0.25, 0.3) is 0 Å². The zero-order chi connectivity index (χ0) is 15.7. The summed E-state index contributed by atoms with van der Waals surface area (Å²) in [6, 6.07) is 5.49. The average molecular weight is 296 g/mol. The molecule has 21 heavy (non-hydrogen) atoms. The Labute approximate surface area is 123 Å². The fraction of sp³-hybridized carbons (Fsp3) is 0.467. The van der Waals surface area contributed by atoms with E-state index in [1.165, 1.54) is 12.1 Å². The molecule has 0 bridgehead atoms. The topological polar surface area (TPSA) is 78.4 Å². The number of hydrogen-bond acceptors (Lipinski definition) is 2. The Bertz CT molecular complexity index is 480. The molecule has 0 heterocycles. The maximum absolute atomic E-state index is 13.1. The highest BCUT2D eigenvalue weighted by Gasteiger charge is 2.09. The number of unbranched alkanes of at least 4 members (excludes halogenated alkanes) is 2. The molecule has 0 saturated heterocycles. The molecule has 1 aromatic carbocycles. The second-order valence-corrected chi connectivity index (χ2v) is 4.88. The minimum atomic E-state index is -0.801. The molecule has 3 N–H and O–H groups in total. The van der Waals surface area contributed by atoms with Gasteiger partial charge in [-0.2, -0.15) is 0 Å². The van der Waals surface area contributed by atoms with Crippen molar-refractivity contribution in [2.45, 2.75) is 38.6 Å². The molecule has 116 valence electrons. The molecule has 0 aromatic heterocycles. The van der Waals surface area contributed by atoms with E-state index >= 15 is 0 Å². The normalized spacial score (nSPS) is 11.7. The number of rotatable bonds is 8. The molecule has 6 heteroatoms. The summed E-state index contributed by atoms with van der Waals surface area (Å²) in [5.41, 5.74) is 0.701. The van der Waals surface area contributed by atoms with E-state index in [2.05, 4.69) is 10.6 Å². The first-order valence-corrected chi connectivity index (χ1v) is 7.00. The van der Waals surface area contributed by atoms with Crippen LogP contribution in [-0.2, 0) is 4.79 Å². The lowest BCUT2D eigenvalue weighted by Crippen LogP contribution is -2.37. The molecule has 1 rings (SSSR count). The van der Waals surface area contributed by atoms with Crippen LogP contribution in [0.25, 0.3) is 0 Å². The third-order valence-corrected chi connectivity index (χ3v) is 3.05. The van der Waals surface area contributed by atoms with Gasteiger partial charge in [0.05, 0.1) is 6.04 Å². The summed E-state index contributed by atoms with van der Waals surface area (Å²) in [5.74, 6) is -1.13. The van der Waals surface area contributed by atoms with Gasteiger partial charge in [-0.1, -0.05) is 18.6 Å². The van der Waals surface area contributed by atoms with Gasteiger partial charge in [0, 0.05) is 13.0 Å². The minimum absolute atomic E-state index is 0.156. The number of benzene rings is 1. The van der Waals surface area contributed by atoms with Crippen LogP contribution in [0.4, 0.5) is 9.18 Å². The van der Waals surface area contributed by atoms with Gasteiger partial charge in [0.2, 0.25) is 0 Å². The fourth-order valence-corrected chi connectivity index (χ4v) is 1.89. The molecule has 2 amide bonds. The maximum atomic E-state index is 13.1. The number of carbonyl (C=O) groups excluding carboxylic acids is 1. The van der Waals surface area contributed by atoms with Crippen molar-refractivity contribution in [2.24, 2.45) is 0 Å². The van der Waals surface area contributed by atoms with Crippen LogP contribution in [-0.4, -0.2) is 23.7 Å². The van der Waals surface area contributed by atoms with E-state index in [1.807, 2.05) is 0 Å². The Balaban J connectivity index is 2.20. The smallest absolute Gasteiger partial charge is 0.315 e. The highest BCUT2D eigenvalue weighted by Crippen LogP contribution is 2.13. The maximum Gasteiger partial charge on any atom is 0.315 e. The summed E-state index contributed by atoms with van der Waals surface area (Å²) in [4.78, 5) is 22.0. The highest BCUT2D eigenvalue weighted by molar-refractivity contribution is 5.74. The van der Waals surface area contributed by atoms with Gasteiger partial charge in [0.15, 0.2) is 0 Å². The predicted molar refractivity (Wildman–Crippen MR) is 77.5 cm³/mol. The van der Waals surface area contributed by atoms with Crippen molar-refractivity contribution in [3.8, 4) is 0 Å². The average Bonchev–Trinajstić information content (AvgIpc) is 2.42. The van der Waals surface area contributed by atoms with Crippen LogP contribution in [0.3, 0.4) is 0 Å². The molecular weight excluding hydrogens is 275 g/mol. The van der Waals surface area contributed by atoms with E-state index in [0.717, 1.165) is 12.8 Å². The lowest BCUT2D eigenvalue weighted by atomic mass is 10.1. The Hall–Kier alpha value is -2.11. The second kappa shape index (κ2) is 8.94. The van der Waals surface area contributed by atoms with E-state index in [0.29, 0.717) is 18.5 Å². The largest absolute Gasteiger partial charge is 0.481 e. The van der Waals surface area contributed by atoms with Crippen LogP contribution in [0.15, 0.2) is 24.3 Å². The molecule has 1 aromatic rings. The SMILES string of the molecule is CC(NC(=O)NCCCCCC(=O)O)c1cccc(F)c1. The van der Waals surface area contributed by atoms with Gasteiger partial charge < -0.3 is 15.7 Å². The first kappa shape index (κ1) is 16.9. The van der Waals surface area contributed by atoms with Crippen LogP contribution in [0.5, 0.6) is 0 Å². The van der Waals surface area contributed by atoms with Crippen molar-refractivity contribution in [2.75, 3.05) is 6.54 Å². The van der Waals surface area contributed by atoms with Crippen molar-refractivity contribution in [3.05, 3.63) is 35.6 Å². The third-order valence-electron chi connectivity index (χ3n) is 3.05. The monoisotopic (exact) mass is 296 g/mol. The van der Waals surface area contributed by atoms with Gasteiger partial charge in [-0.05, 0) is 37.5 Å². The molecule has 0 radical (unpaired) electrons. The zero-order valence-electron chi connectivity index (χ0n) is 12.1. The summed E-state index contributed by atoms with van der Waals surface area (Å²) in [6.45, 7) is 2.27. The van der Waals surface area contributed by atoms with Crippen LogP contribution in [0, 0.1) is 5.82 Å². The Morgan fingerprint density at radius 1 is 1.29 bits per heavy atom. The van der Waals surface area contributed by atoms with Crippen LogP contribution < -0.4 is 10.6 Å². The standard InChI is InChI=1S/C15H21FN2O3/c1-11(12-6-5-7-13(16)10-12)18-15(21)17-9-4-2-3-8-14(19)20/h5-7,10-11H,2-4,8-9H2,1H3,(H,19,20)(H2,17,18,21). The zero-order valence-corrected chi connectivity index (χ0v) is 12.1. The number of carboxylic acids is 1. The summed E-state index contributed by atoms with van der Waals surface area (Å²) in [7, 11) is 0. The number of urea groups is 1. The quantitative estimate of drug-likeness (QED) is 0.645. The summed E-state index contributed by atoms with van der Waals surface area (Å²) >= 11 is 0. The molecule has 0 spiro atoms. The van der Waals surface area contributed by atoms with E-state index in [4.69, 9.17) is 5.11 Å². The Morgan fingerprint density at radius 3 is 2.71 bits per heavy atom. The number of nitrogens with one attached hydrogen (secondary N) is 2. The molecular formula is C15H21FN2O3. The molecule has 0 saturated carbocycles. The van der Waals surface area contributed by atoms with Crippen LogP contribution in [0.2, 0.25) is 0 Å². The molecule has 0 aliphatic heterocycles. The molecule has 1 atom stereocenters. The number of hydrogen-bond donors (Lipinski definition) is 3. The van der Waals surface area contributed by atoms with Crippen molar-refractivity contribution >= 4 is 12.0 Å².